The summed E-state index contributed by atoms with van der Waals surface area (Å²) in [5.74, 6) is -1.15. The van der Waals surface area contributed by atoms with Gasteiger partial charge in [-0.05, 0) is 63.4 Å². The zero-order chi connectivity index (χ0) is 27.0. The predicted molar refractivity (Wildman–Crippen MR) is 142 cm³/mol. The molecule has 8 nitrogen and oxygen atoms in total. The van der Waals surface area contributed by atoms with E-state index in [1.807, 2.05) is 19.1 Å². The SMILES string of the molecule is C=Cc1cccc(C(C(=O)Nc2c(C)cccc2Cl)N(CC)C(=O)C(CO)NC(=O)OC(C)(C)C)c1. The molecule has 194 valence electrons. The number of aryl methyl sites for hydroxylation is 1. The number of anilines is 1. The molecule has 3 N–H and O–H groups in total. The molecule has 0 aliphatic heterocycles. The molecule has 3 amide bonds. The number of para-hydroxylation sites is 1. The number of hydrogen-bond donors (Lipinski definition) is 3. The molecule has 0 spiro atoms. The Kier molecular flexibility index (Phi) is 10.1. The highest BCUT2D eigenvalue weighted by atomic mass is 35.5. The minimum absolute atomic E-state index is 0.114. The predicted octanol–water partition coefficient (Wildman–Crippen LogP) is 4.71. The molecule has 0 saturated carbocycles. The number of ether oxygens (including phenoxy) is 1. The first-order chi connectivity index (χ1) is 16.9. The third-order valence-corrected chi connectivity index (χ3v) is 5.60. The fraction of sp³-hybridized carbons (Fsp3) is 0.370. The van der Waals surface area contributed by atoms with Crippen LogP contribution in [0.15, 0.2) is 49.0 Å². The standard InChI is InChI=1S/C27H34ClN3O5/c1-7-18-12-10-13-19(15-18)23(24(33)30-22-17(3)11-9-14-20(22)28)31(8-2)25(34)21(16-32)29-26(35)36-27(4,5)6/h7,9-15,21,23,32H,1,8,16H2,2-6H3,(H,29,35)(H,30,33). The molecule has 2 unspecified atom stereocenters. The molecule has 2 atom stereocenters. The lowest BCUT2D eigenvalue weighted by molar-refractivity contribution is -0.141. The highest BCUT2D eigenvalue weighted by Crippen LogP contribution is 2.29. The lowest BCUT2D eigenvalue weighted by Crippen LogP contribution is -2.53. The van der Waals surface area contributed by atoms with E-state index in [1.165, 1.54) is 4.90 Å². The number of amides is 3. The van der Waals surface area contributed by atoms with E-state index >= 15 is 0 Å². The summed E-state index contributed by atoms with van der Waals surface area (Å²) >= 11 is 6.33. The van der Waals surface area contributed by atoms with Crippen LogP contribution in [0.25, 0.3) is 6.08 Å². The Hall–Kier alpha value is -3.36. The van der Waals surface area contributed by atoms with Crippen molar-refractivity contribution in [2.75, 3.05) is 18.5 Å². The van der Waals surface area contributed by atoms with Crippen molar-refractivity contribution in [1.82, 2.24) is 10.2 Å². The first-order valence-corrected chi connectivity index (χ1v) is 12.0. The summed E-state index contributed by atoms with van der Waals surface area (Å²) in [6.45, 7) is 11.8. The van der Waals surface area contributed by atoms with Crippen molar-refractivity contribution in [2.24, 2.45) is 0 Å². The number of carbonyl (C=O) groups is 3. The maximum absolute atomic E-state index is 13.7. The van der Waals surface area contributed by atoms with E-state index < -0.39 is 42.2 Å². The fourth-order valence-electron chi connectivity index (χ4n) is 3.61. The molecular weight excluding hydrogens is 482 g/mol. The molecule has 2 aromatic rings. The lowest BCUT2D eigenvalue weighted by Gasteiger charge is -2.33. The van der Waals surface area contributed by atoms with Crippen molar-refractivity contribution in [3.8, 4) is 0 Å². The van der Waals surface area contributed by atoms with Gasteiger partial charge in [0.15, 0.2) is 0 Å². The Bertz CT molecular complexity index is 1090. The van der Waals surface area contributed by atoms with E-state index in [1.54, 1.807) is 64.1 Å². The Morgan fingerprint density at radius 3 is 2.42 bits per heavy atom. The van der Waals surface area contributed by atoms with E-state index in [0.717, 1.165) is 11.1 Å². The normalized spacial score (nSPS) is 12.8. The number of aliphatic hydroxyl groups excluding tert-OH is 1. The van der Waals surface area contributed by atoms with Crippen molar-refractivity contribution in [3.05, 3.63) is 70.8 Å². The molecule has 0 fully saturated rings. The molecule has 0 aromatic heterocycles. The Labute approximate surface area is 217 Å². The molecule has 0 bridgehead atoms. The van der Waals surface area contributed by atoms with Crippen LogP contribution in [0.3, 0.4) is 0 Å². The first kappa shape index (κ1) is 28.9. The van der Waals surface area contributed by atoms with Gasteiger partial charge in [-0.15, -0.1) is 0 Å². The van der Waals surface area contributed by atoms with Crippen molar-refractivity contribution < 1.29 is 24.2 Å². The number of likely N-dealkylation sites (N-methyl/N-ethyl adjacent to an activating group) is 1. The van der Waals surface area contributed by atoms with Crippen LogP contribution in [0.4, 0.5) is 10.5 Å². The summed E-state index contributed by atoms with van der Waals surface area (Å²) in [5.41, 5.74) is 1.68. The van der Waals surface area contributed by atoms with Gasteiger partial charge in [0.25, 0.3) is 5.91 Å². The number of rotatable bonds is 9. The zero-order valence-electron chi connectivity index (χ0n) is 21.3. The quantitative estimate of drug-likeness (QED) is 0.448. The van der Waals surface area contributed by atoms with Crippen LogP contribution < -0.4 is 10.6 Å². The van der Waals surface area contributed by atoms with Gasteiger partial charge in [-0.2, -0.15) is 0 Å². The van der Waals surface area contributed by atoms with Gasteiger partial charge in [0.05, 0.1) is 17.3 Å². The number of nitrogens with one attached hydrogen (secondary N) is 2. The fourth-order valence-corrected chi connectivity index (χ4v) is 3.88. The van der Waals surface area contributed by atoms with Crippen LogP contribution in [0.5, 0.6) is 0 Å². The number of aliphatic hydroxyl groups is 1. The lowest BCUT2D eigenvalue weighted by atomic mass is 10.00. The maximum atomic E-state index is 13.7. The summed E-state index contributed by atoms with van der Waals surface area (Å²) < 4.78 is 5.22. The maximum Gasteiger partial charge on any atom is 0.408 e. The van der Waals surface area contributed by atoms with E-state index in [0.29, 0.717) is 16.3 Å². The van der Waals surface area contributed by atoms with Crippen molar-refractivity contribution in [1.29, 1.82) is 0 Å². The molecule has 2 aromatic carbocycles. The van der Waals surface area contributed by atoms with Crippen LogP contribution in [0.2, 0.25) is 5.02 Å². The molecule has 9 heteroatoms. The number of halogens is 1. The summed E-state index contributed by atoms with van der Waals surface area (Å²) in [5, 5.41) is 15.5. The van der Waals surface area contributed by atoms with Crippen LogP contribution in [0.1, 0.15) is 50.4 Å². The monoisotopic (exact) mass is 515 g/mol. The second-order valence-electron chi connectivity index (χ2n) is 9.20. The third kappa shape index (κ3) is 7.57. The molecule has 0 heterocycles. The minimum atomic E-state index is -1.32. The largest absolute Gasteiger partial charge is 0.444 e. The molecule has 2 rings (SSSR count). The number of benzene rings is 2. The van der Waals surface area contributed by atoms with Crippen molar-refractivity contribution in [3.63, 3.8) is 0 Å². The smallest absolute Gasteiger partial charge is 0.408 e. The van der Waals surface area contributed by atoms with Gasteiger partial charge in [0.2, 0.25) is 5.91 Å². The highest BCUT2D eigenvalue weighted by Gasteiger charge is 2.35. The minimum Gasteiger partial charge on any atom is -0.444 e. The van der Waals surface area contributed by atoms with Gasteiger partial charge >= 0.3 is 6.09 Å². The van der Waals surface area contributed by atoms with E-state index in [4.69, 9.17) is 16.3 Å². The first-order valence-electron chi connectivity index (χ1n) is 11.6. The molecule has 0 radical (unpaired) electrons. The van der Waals surface area contributed by atoms with Gasteiger partial charge in [0, 0.05) is 6.54 Å². The molecular formula is C27H34ClN3O5. The van der Waals surface area contributed by atoms with Crippen LogP contribution in [-0.2, 0) is 14.3 Å². The average molecular weight is 516 g/mol. The Morgan fingerprint density at radius 2 is 1.86 bits per heavy atom. The van der Waals surface area contributed by atoms with Crippen LogP contribution in [0, 0.1) is 6.92 Å². The van der Waals surface area contributed by atoms with E-state index in [-0.39, 0.29) is 6.54 Å². The molecule has 36 heavy (non-hydrogen) atoms. The van der Waals surface area contributed by atoms with Gasteiger partial charge < -0.3 is 25.4 Å². The molecule has 0 saturated heterocycles. The highest BCUT2D eigenvalue weighted by molar-refractivity contribution is 6.34. The molecule has 0 aliphatic rings. The molecule has 0 aliphatic carbocycles. The van der Waals surface area contributed by atoms with E-state index in [9.17, 15) is 19.5 Å². The number of carbonyl (C=O) groups excluding carboxylic acids is 3. The number of alkyl carbamates (subject to hydrolysis) is 1. The summed E-state index contributed by atoms with van der Waals surface area (Å²) in [7, 11) is 0. The second kappa shape index (κ2) is 12.6. The van der Waals surface area contributed by atoms with Crippen LogP contribution >= 0.6 is 11.6 Å². The topological polar surface area (TPSA) is 108 Å². The third-order valence-electron chi connectivity index (χ3n) is 5.29. The summed E-state index contributed by atoms with van der Waals surface area (Å²) in [6, 6.07) is 9.89. The average Bonchev–Trinajstić information content (AvgIpc) is 2.81. The van der Waals surface area contributed by atoms with E-state index in [2.05, 4.69) is 17.2 Å². The second-order valence-corrected chi connectivity index (χ2v) is 9.61. The Balaban J connectivity index is 2.47. The summed E-state index contributed by atoms with van der Waals surface area (Å²) in [4.78, 5) is 40.8. The van der Waals surface area contributed by atoms with Gasteiger partial charge in [-0.25, -0.2) is 4.79 Å². The van der Waals surface area contributed by atoms with Gasteiger partial charge in [-0.3, -0.25) is 9.59 Å². The number of nitrogens with zero attached hydrogens (tertiary/aromatic N) is 1. The van der Waals surface area contributed by atoms with Gasteiger partial charge in [-0.1, -0.05) is 54.6 Å². The summed E-state index contributed by atoms with van der Waals surface area (Å²) in [6.07, 6.45) is 0.780. The number of hydrogen-bond acceptors (Lipinski definition) is 5. The van der Waals surface area contributed by atoms with Gasteiger partial charge in [0.1, 0.15) is 17.7 Å². The van der Waals surface area contributed by atoms with Crippen molar-refractivity contribution >= 4 is 41.3 Å². The zero-order valence-corrected chi connectivity index (χ0v) is 22.1. The Morgan fingerprint density at radius 1 is 1.19 bits per heavy atom. The van der Waals surface area contributed by atoms with Crippen molar-refractivity contribution in [2.45, 2.75) is 52.3 Å². The van der Waals surface area contributed by atoms with Crippen LogP contribution in [-0.4, -0.2) is 52.7 Å².